The van der Waals surface area contributed by atoms with Crippen molar-refractivity contribution in [2.45, 2.75) is 195 Å². The summed E-state index contributed by atoms with van der Waals surface area (Å²) in [6.07, 6.45) is 30.3. The Morgan fingerprint density at radius 3 is 1.19 bits per heavy atom. The second-order valence-corrected chi connectivity index (χ2v) is 29.2. The third-order valence-electron chi connectivity index (χ3n) is 18.3. The number of nitrogen functional groups attached to an aromatic ring is 3. The van der Waals surface area contributed by atoms with Crippen LogP contribution in [0.15, 0.2) is 112 Å². The van der Waals surface area contributed by atoms with E-state index in [1.807, 2.05) is 59.3 Å². The Kier molecular flexibility index (Phi) is 26.7. The number of aromatic nitrogens is 15. The Hall–Kier alpha value is -12.2. The van der Waals surface area contributed by atoms with Crippen molar-refractivity contribution >= 4 is 57.6 Å². The maximum Gasteiger partial charge on any atom is 0.222 e. The molecule has 0 unspecified atom stereocenters. The number of nitrogens with zero attached hydrogens (tertiary/aromatic N) is 15. The molecule has 0 amide bonds. The van der Waals surface area contributed by atoms with Gasteiger partial charge in [0.25, 0.3) is 0 Å². The standard InChI is InChI=1S/C19H24N4O.C18H25N5O.C17H20N4O2.C16H18N4O.C14H17N5O/c1-11(2)15-9-21-16(13-4-5-13)8-17(15)24-18-10-20-12(3)22-19(18)23-14-6-7-14;1-4-7-20-17-16(10-22-18(19)23-17)24-15-8-14(12-5-6-12)21-9-13(15)11(2)3;1-10(2)13-8-19-16(22-4)7-14(13)23-15-9-18-11(3)20-17(15)21-12-5-6-12;1-9(2)12-7-19-13(11-4-5-11)6-14(12)21-15-8-18-10(3)20-16(15)17;1-8(2)10-6-18-13(16-4)5-11(10)20-12-7-17-9(3)19-14(12)15/h8-11,13-14H,4-7H2,1-3H3,(H,20,22,23);8-12H,4-7H2,1-3H3,(H3,19,20,22,23);7-9,12H,1,5-6H2,2-4H3,(H,18,20,21);6-8,11H,1,4-5H2,2-3H3,(H2,17,18,20);5-7H,1H2,2-4H3,(H,16,18)(H2,15,17,19). The molecule has 0 spiro atoms. The molecule has 15 rings (SSSR count). The van der Waals surface area contributed by atoms with E-state index in [1.54, 1.807) is 83.5 Å². The average Bonchev–Trinajstić information content (AvgIpc) is 1.51. The van der Waals surface area contributed by atoms with Gasteiger partial charge in [0.2, 0.25) is 11.8 Å². The fourth-order valence-corrected chi connectivity index (χ4v) is 11.2. The Morgan fingerprint density at radius 1 is 0.420 bits per heavy atom. The lowest BCUT2D eigenvalue weighted by Crippen LogP contribution is -2.07. The second kappa shape index (κ2) is 37.0. The van der Waals surface area contributed by atoms with Crippen LogP contribution in [0, 0.1) is 27.7 Å². The van der Waals surface area contributed by atoms with Crippen LogP contribution in [0.2, 0.25) is 0 Å². The number of ether oxygens (including phenoxy) is 6. The van der Waals surface area contributed by atoms with E-state index in [9.17, 15) is 0 Å². The monoisotopic (exact) mass is 1520 g/mol. The van der Waals surface area contributed by atoms with Gasteiger partial charge in [-0.3, -0.25) is 15.0 Å². The molecule has 586 valence electrons. The number of pyridine rings is 5. The lowest BCUT2D eigenvalue weighted by Gasteiger charge is -2.17. The van der Waals surface area contributed by atoms with Crippen molar-refractivity contribution < 1.29 is 28.4 Å². The number of nitrogens with two attached hydrogens (primary N) is 3. The minimum absolute atomic E-state index is 0.235. The first-order valence-electron chi connectivity index (χ1n) is 38.1. The molecule has 10 N–H and O–H groups in total. The van der Waals surface area contributed by atoms with Gasteiger partial charge in [-0.2, -0.15) is 4.98 Å². The maximum absolute atomic E-state index is 6.28. The molecule has 28 heteroatoms. The molecule has 0 aliphatic heterocycles. The first-order valence-corrected chi connectivity index (χ1v) is 38.1. The summed E-state index contributed by atoms with van der Waals surface area (Å²) in [6, 6.07) is 10.7. The van der Waals surface area contributed by atoms with Crippen LogP contribution in [0.5, 0.6) is 63.4 Å². The van der Waals surface area contributed by atoms with Gasteiger partial charge in [0, 0.05) is 150 Å². The quantitative estimate of drug-likeness (QED) is 0.0251. The van der Waals surface area contributed by atoms with Gasteiger partial charge in [-0.25, -0.2) is 54.8 Å². The van der Waals surface area contributed by atoms with Crippen LogP contribution in [-0.2, 0) is 0 Å². The van der Waals surface area contributed by atoms with E-state index < -0.39 is 0 Å². The van der Waals surface area contributed by atoms with Crippen LogP contribution in [0.25, 0.3) is 16.7 Å². The third kappa shape index (κ3) is 22.7. The lowest BCUT2D eigenvalue weighted by molar-refractivity contribution is 0.392. The zero-order chi connectivity index (χ0) is 79.9. The molecule has 5 saturated carbocycles. The van der Waals surface area contributed by atoms with E-state index in [-0.39, 0.29) is 5.95 Å². The molecule has 112 heavy (non-hydrogen) atoms. The first kappa shape index (κ1) is 80.8. The predicted molar refractivity (Wildman–Crippen MR) is 440 cm³/mol. The Morgan fingerprint density at radius 2 is 0.786 bits per heavy atom. The van der Waals surface area contributed by atoms with Gasteiger partial charge in [0.1, 0.15) is 57.9 Å². The molecule has 0 aromatic carbocycles. The number of hydrogen-bond acceptors (Lipinski definition) is 28. The molecule has 0 radical (unpaired) electrons. The molecular weight excluding hydrogens is 1410 g/mol. The number of rotatable bonds is 27. The summed E-state index contributed by atoms with van der Waals surface area (Å²) in [7, 11) is 3.36. The van der Waals surface area contributed by atoms with Gasteiger partial charge in [-0.1, -0.05) is 54.4 Å². The van der Waals surface area contributed by atoms with Crippen molar-refractivity contribution in [3.05, 3.63) is 180 Å². The summed E-state index contributed by atoms with van der Waals surface area (Å²) in [6.45, 7) is 36.4. The number of anilines is 7. The molecule has 0 atom stereocenters. The molecule has 0 bridgehead atoms. The second-order valence-electron chi connectivity index (χ2n) is 29.2. The Balaban J connectivity index is 0.000000139. The molecule has 5 fully saturated rings. The number of hydrogen-bond donors (Lipinski definition) is 7. The smallest absolute Gasteiger partial charge is 0.222 e. The van der Waals surface area contributed by atoms with E-state index >= 15 is 0 Å². The average molecular weight is 1520 g/mol. The van der Waals surface area contributed by atoms with E-state index in [1.165, 1.54) is 51.4 Å². The number of aryl methyl sites for hydroxylation is 4. The molecule has 10 heterocycles. The largest absolute Gasteiger partial charge is 0.481 e. The van der Waals surface area contributed by atoms with E-state index in [0.29, 0.717) is 140 Å². The van der Waals surface area contributed by atoms with Gasteiger partial charge >= 0.3 is 0 Å². The minimum Gasteiger partial charge on any atom is -0.481 e. The van der Waals surface area contributed by atoms with Crippen molar-refractivity contribution in [3.63, 3.8) is 0 Å². The van der Waals surface area contributed by atoms with Crippen LogP contribution < -0.4 is 66.9 Å². The van der Waals surface area contributed by atoms with Crippen LogP contribution in [0.1, 0.15) is 224 Å². The van der Waals surface area contributed by atoms with Crippen molar-refractivity contribution in [3.8, 4) is 63.4 Å². The SMILES string of the molecule is C=C(C)c1cnc(C2CC2)cc1Oc1cnc(C)nc1N.C=C(C)c1cnc(NC)cc1Oc1cnc(C)nc1N.C=C(C)c1cnc(OC)cc1Oc1cnc(C)nc1NC1CC1.CCCNc1nc(N)ncc1Oc1cc(C2CC2)ncc1C(C)C.Cc1ncc(Oc2cc(C3CC3)ncc2C(C)C)c(NC2CC2)n1. The highest BCUT2D eigenvalue weighted by atomic mass is 16.5. The summed E-state index contributed by atoms with van der Waals surface area (Å²) in [5.74, 6) is 15.6. The van der Waals surface area contributed by atoms with Crippen LogP contribution >= 0.6 is 0 Å². The summed E-state index contributed by atoms with van der Waals surface area (Å²) in [4.78, 5) is 64.5. The molecular formula is C84H104N22O6. The molecule has 10 aromatic rings. The number of allylic oxidation sites excluding steroid dienone is 3. The van der Waals surface area contributed by atoms with E-state index in [2.05, 4.69) is 163 Å². The molecule has 5 aliphatic rings. The number of methoxy groups -OCH3 is 1. The Labute approximate surface area is 655 Å². The fourth-order valence-electron chi connectivity index (χ4n) is 11.2. The van der Waals surface area contributed by atoms with Gasteiger partial charge in [0.15, 0.2) is 57.8 Å². The Bertz CT molecular complexity index is 5000. The minimum atomic E-state index is 0.235. The molecule has 10 aromatic heterocycles. The summed E-state index contributed by atoms with van der Waals surface area (Å²) >= 11 is 0. The lowest BCUT2D eigenvalue weighted by atomic mass is 10.0. The molecule has 28 nitrogen and oxygen atoms in total. The summed E-state index contributed by atoms with van der Waals surface area (Å²) < 4.78 is 35.4. The van der Waals surface area contributed by atoms with Gasteiger partial charge < -0.3 is 66.9 Å². The van der Waals surface area contributed by atoms with Crippen molar-refractivity contribution in [2.75, 3.05) is 59.2 Å². The van der Waals surface area contributed by atoms with Crippen LogP contribution in [-0.4, -0.2) is 108 Å². The van der Waals surface area contributed by atoms with E-state index in [4.69, 9.17) is 45.6 Å². The van der Waals surface area contributed by atoms with Crippen molar-refractivity contribution in [1.29, 1.82) is 0 Å². The third-order valence-corrected chi connectivity index (χ3v) is 18.3. The topological polar surface area (TPSA) is 375 Å². The highest BCUT2D eigenvalue weighted by molar-refractivity contribution is 5.71. The zero-order valence-corrected chi connectivity index (χ0v) is 66.7. The zero-order valence-electron chi connectivity index (χ0n) is 66.7. The van der Waals surface area contributed by atoms with Gasteiger partial charge in [-0.05, 0) is 148 Å². The van der Waals surface area contributed by atoms with Gasteiger partial charge in [0.05, 0.1) is 38.1 Å². The first-order chi connectivity index (χ1) is 53.8. The number of nitrogens with one attached hydrogen (secondary N) is 4. The maximum atomic E-state index is 6.28. The highest BCUT2D eigenvalue weighted by Gasteiger charge is 2.31. The summed E-state index contributed by atoms with van der Waals surface area (Å²) in [5, 5.41) is 13.0. The van der Waals surface area contributed by atoms with Crippen molar-refractivity contribution in [2.24, 2.45) is 0 Å². The highest BCUT2D eigenvalue weighted by Crippen LogP contribution is 2.46. The molecule has 0 saturated heterocycles. The van der Waals surface area contributed by atoms with E-state index in [0.717, 1.165) is 111 Å². The summed E-state index contributed by atoms with van der Waals surface area (Å²) in [5.41, 5.74) is 28.1. The predicted octanol–water partition coefficient (Wildman–Crippen LogP) is 18.3. The van der Waals surface area contributed by atoms with Crippen LogP contribution in [0.3, 0.4) is 0 Å². The normalized spacial score (nSPS) is 13.9. The van der Waals surface area contributed by atoms with Gasteiger partial charge in [-0.15, -0.1) is 0 Å². The fraction of sp³-hybridized carbons (Fsp3) is 0.393. The molecule has 5 aliphatic carbocycles. The van der Waals surface area contributed by atoms with Crippen LogP contribution in [0.4, 0.5) is 40.9 Å². The van der Waals surface area contributed by atoms with Crippen molar-refractivity contribution in [1.82, 2.24) is 74.8 Å².